The molecule has 1 saturated heterocycles. The lowest BCUT2D eigenvalue weighted by Gasteiger charge is -2.56. The van der Waals surface area contributed by atoms with E-state index in [1.807, 2.05) is 0 Å². The summed E-state index contributed by atoms with van der Waals surface area (Å²) in [6.45, 7) is 0.754. The minimum Gasteiger partial charge on any atom is -0.452 e. The molecule has 4 saturated carbocycles. The lowest BCUT2D eigenvalue weighted by atomic mass is 9.53. The lowest BCUT2D eigenvalue weighted by Crippen LogP contribution is -2.60. The van der Waals surface area contributed by atoms with Gasteiger partial charge in [0.15, 0.2) is 6.61 Å². The first-order valence-corrected chi connectivity index (χ1v) is 13.9. The van der Waals surface area contributed by atoms with E-state index in [9.17, 15) is 18.0 Å². The fourth-order valence-electron chi connectivity index (χ4n) is 7.00. The number of ether oxygens (including phenoxy) is 1. The highest BCUT2D eigenvalue weighted by molar-refractivity contribution is 7.89. The van der Waals surface area contributed by atoms with E-state index in [-0.39, 0.29) is 28.5 Å². The number of carbonyl (C=O) groups excluding carboxylic acids is 2. The van der Waals surface area contributed by atoms with Gasteiger partial charge in [-0.2, -0.15) is 4.31 Å². The summed E-state index contributed by atoms with van der Waals surface area (Å²) >= 11 is 0. The Morgan fingerprint density at radius 3 is 2.00 bits per heavy atom. The van der Waals surface area contributed by atoms with Gasteiger partial charge in [0.25, 0.3) is 5.91 Å². The topological polar surface area (TPSA) is 92.8 Å². The molecule has 0 atom stereocenters. The largest absolute Gasteiger partial charge is 0.452 e. The number of sulfonamides is 1. The smallest absolute Gasteiger partial charge is 0.338 e. The first-order chi connectivity index (χ1) is 15.8. The second-order valence-corrected chi connectivity index (χ2v) is 12.6. The van der Waals surface area contributed by atoms with E-state index in [4.69, 9.17) is 4.74 Å². The van der Waals surface area contributed by atoms with Gasteiger partial charge in [0.2, 0.25) is 10.0 Å². The molecule has 5 aliphatic rings. The summed E-state index contributed by atoms with van der Waals surface area (Å²) in [5.74, 6) is 1.31. The van der Waals surface area contributed by atoms with Crippen LogP contribution in [0.5, 0.6) is 0 Å². The lowest BCUT2D eigenvalue weighted by molar-refractivity contribution is -0.130. The predicted octanol–water partition coefficient (Wildman–Crippen LogP) is 3.49. The summed E-state index contributed by atoms with van der Waals surface area (Å²) in [7, 11) is -3.56. The monoisotopic (exact) mass is 474 g/mol. The van der Waals surface area contributed by atoms with Crippen LogP contribution < -0.4 is 5.32 Å². The Kier molecular flexibility index (Phi) is 6.25. The van der Waals surface area contributed by atoms with Gasteiger partial charge in [-0.3, -0.25) is 4.79 Å². The average molecular weight is 475 g/mol. The van der Waals surface area contributed by atoms with Crippen LogP contribution in [-0.4, -0.2) is 49.8 Å². The third-order valence-corrected chi connectivity index (χ3v) is 9.98. The van der Waals surface area contributed by atoms with Crippen molar-refractivity contribution in [1.82, 2.24) is 9.62 Å². The SMILES string of the molecule is O=C(COC(=O)c1ccc(S(=O)(=O)N2CCCCCC2)cc1)NC12CC3CC(CC(C3)C1)C2. The fourth-order valence-corrected chi connectivity index (χ4v) is 8.52. The van der Waals surface area contributed by atoms with E-state index < -0.39 is 16.0 Å². The molecule has 1 heterocycles. The zero-order valence-electron chi connectivity index (χ0n) is 19.1. The number of rotatable bonds is 6. The number of nitrogens with zero attached hydrogens (tertiary/aromatic N) is 1. The van der Waals surface area contributed by atoms with Gasteiger partial charge in [0.05, 0.1) is 10.5 Å². The highest BCUT2D eigenvalue weighted by atomic mass is 32.2. The second-order valence-electron chi connectivity index (χ2n) is 10.7. The summed E-state index contributed by atoms with van der Waals surface area (Å²) in [4.78, 5) is 25.2. The van der Waals surface area contributed by atoms with Crippen molar-refractivity contribution in [2.45, 2.75) is 74.6 Å². The van der Waals surface area contributed by atoms with Crippen molar-refractivity contribution in [3.05, 3.63) is 29.8 Å². The minimum atomic E-state index is -3.56. The molecule has 0 spiro atoms. The normalized spacial score (nSPS) is 31.7. The van der Waals surface area contributed by atoms with Gasteiger partial charge in [0.1, 0.15) is 0 Å². The number of nitrogens with one attached hydrogen (secondary N) is 1. The average Bonchev–Trinajstić information content (AvgIpc) is 3.06. The van der Waals surface area contributed by atoms with Crippen molar-refractivity contribution in [3.63, 3.8) is 0 Å². The highest BCUT2D eigenvalue weighted by Crippen LogP contribution is 2.55. The van der Waals surface area contributed by atoms with E-state index in [0.29, 0.717) is 13.1 Å². The van der Waals surface area contributed by atoms with Crippen LogP contribution in [0.1, 0.15) is 74.6 Å². The standard InChI is InChI=1S/C25H34N2O5S/c28-23(26-25-14-18-11-19(15-25)13-20(12-18)16-25)17-32-24(29)21-5-7-22(8-6-21)33(30,31)27-9-3-1-2-4-10-27/h5-8,18-20H,1-4,9-17H2,(H,26,28). The molecule has 4 aliphatic carbocycles. The minimum absolute atomic E-state index is 0.110. The number of esters is 1. The number of carbonyl (C=O) groups is 2. The van der Waals surface area contributed by atoms with Gasteiger partial charge in [-0.05, 0) is 93.4 Å². The molecular formula is C25H34N2O5S. The summed E-state index contributed by atoms with van der Waals surface area (Å²) in [6.07, 6.45) is 10.9. The molecule has 180 valence electrons. The van der Waals surface area contributed by atoms with Gasteiger partial charge < -0.3 is 10.1 Å². The predicted molar refractivity (Wildman–Crippen MR) is 123 cm³/mol. The van der Waals surface area contributed by atoms with Crippen LogP contribution in [0.15, 0.2) is 29.2 Å². The van der Waals surface area contributed by atoms with Gasteiger partial charge in [-0.15, -0.1) is 0 Å². The molecule has 5 fully saturated rings. The van der Waals surface area contributed by atoms with Crippen molar-refractivity contribution in [1.29, 1.82) is 0 Å². The van der Waals surface area contributed by atoms with E-state index in [1.54, 1.807) is 0 Å². The Morgan fingerprint density at radius 1 is 0.909 bits per heavy atom. The summed E-state index contributed by atoms with van der Waals surface area (Å²) in [6, 6.07) is 5.83. The van der Waals surface area contributed by atoms with Gasteiger partial charge in [-0.1, -0.05) is 12.8 Å². The van der Waals surface area contributed by atoms with Crippen molar-refractivity contribution < 1.29 is 22.7 Å². The molecule has 6 rings (SSSR count). The van der Waals surface area contributed by atoms with E-state index in [2.05, 4.69) is 5.32 Å². The Balaban J connectivity index is 1.15. The third kappa shape index (κ3) is 4.83. The zero-order chi connectivity index (χ0) is 23.1. The van der Waals surface area contributed by atoms with Gasteiger partial charge >= 0.3 is 5.97 Å². The summed E-state index contributed by atoms with van der Waals surface area (Å²) in [5.41, 5.74) is 0.133. The van der Waals surface area contributed by atoms with E-state index in [1.165, 1.54) is 47.8 Å². The number of benzene rings is 1. The summed E-state index contributed by atoms with van der Waals surface area (Å²) < 4.78 is 32.6. The molecule has 1 aromatic rings. The third-order valence-electron chi connectivity index (χ3n) is 8.07. The number of hydrogen-bond donors (Lipinski definition) is 1. The summed E-state index contributed by atoms with van der Waals surface area (Å²) in [5, 5.41) is 3.20. The van der Waals surface area contributed by atoms with Crippen LogP contribution >= 0.6 is 0 Å². The molecule has 0 radical (unpaired) electrons. The Labute approximate surface area is 196 Å². The van der Waals surface area contributed by atoms with Crippen molar-refractivity contribution in [2.24, 2.45) is 17.8 Å². The molecule has 1 N–H and O–H groups in total. The van der Waals surface area contributed by atoms with Crippen LogP contribution in [0.4, 0.5) is 0 Å². The number of hydrogen-bond acceptors (Lipinski definition) is 5. The molecule has 1 amide bonds. The molecule has 7 nitrogen and oxygen atoms in total. The van der Waals surface area contributed by atoms with Crippen LogP contribution in [0.3, 0.4) is 0 Å². The van der Waals surface area contributed by atoms with E-state index in [0.717, 1.165) is 62.7 Å². The highest BCUT2D eigenvalue weighted by Gasteiger charge is 2.51. The first kappa shape index (κ1) is 22.8. The van der Waals surface area contributed by atoms with Crippen LogP contribution in [0.2, 0.25) is 0 Å². The maximum atomic E-state index is 12.9. The molecule has 8 heteroatoms. The molecule has 0 unspecified atom stereocenters. The Hall–Kier alpha value is -1.93. The maximum Gasteiger partial charge on any atom is 0.338 e. The van der Waals surface area contributed by atoms with Crippen LogP contribution in [0, 0.1) is 17.8 Å². The Bertz CT molecular complexity index is 961. The zero-order valence-corrected chi connectivity index (χ0v) is 19.9. The fraction of sp³-hybridized carbons (Fsp3) is 0.680. The van der Waals surface area contributed by atoms with Crippen molar-refractivity contribution >= 4 is 21.9 Å². The molecule has 33 heavy (non-hydrogen) atoms. The first-order valence-electron chi connectivity index (χ1n) is 12.4. The molecule has 1 aliphatic heterocycles. The molecule has 1 aromatic carbocycles. The molecule has 4 bridgehead atoms. The van der Waals surface area contributed by atoms with Crippen LogP contribution in [-0.2, 0) is 19.6 Å². The van der Waals surface area contributed by atoms with Gasteiger partial charge in [0, 0.05) is 18.6 Å². The number of amides is 1. The Morgan fingerprint density at radius 2 is 1.45 bits per heavy atom. The maximum absolute atomic E-state index is 12.9. The van der Waals surface area contributed by atoms with Gasteiger partial charge in [-0.25, -0.2) is 13.2 Å². The van der Waals surface area contributed by atoms with Crippen molar-refractivity contribution in [3.8, 4) is 0 Å². The quantitative estimate of drug-likeness (QED) is 0.637. The van der Waals surface area contributed by atoms with Crippen molar-refractivity contribution in [2.75, 3.05) is 19.7 Å². The van der Waals surface area contributed by atoms with E-state index >= 15 is 0 Å². The molecule has 0 aromatic heterocycles. The second kappa shape index (κ2) is 9.02. The van der Waals surface area contributed by atoms with Crippen LogP contribution in [0.25, 0.3) is 0 Å². The molecular weight excluding hydrogens is 440 g/mol.